The summed E-state index contributed by atoms with van der Waals surface area (Å²) in [6.45, 7) is 2.84. The number of rotatable bonds is 6. The van der Waals surface area contributed by atoms with Gasteiger partial charge in [0.25, 0.3) is 0 Å². The standard InChI is InChI=1S/C24H26ClF3N4O2/c1-14(15-4-6-19(7-5-15)31-23(34)16-2-3-16)30-22(33)17-8-10-32(11-9-17)21-20(25)12-18(13-29-21)24(26,27)28/h4-7,12-14,16-17H,2-3,8-11H2,1H3,(H,30,33)(H,31,34). The van der Waals surface area contributed by atoms with Crippen LogP contribution in [0.5, 0.6) is 0 Å². The van der Waals surface area contributed by atoms with E-state index in [1.807, 2.05) is 36.1 Å². The Labute approximate surface area is 200 Å². The Morgan fingerprint density at radius 1 is 1.06 bits per heavy atom. The van der Waals surface area contributed by atoms with Crippen molar-refractivity contribution in [2.75, 3.05) is 23.3 Å². The van der Waals surface area contributed by atoms with Crippen LogP contribution >= 0.6 is 11.6 Å². The number of carbonyl (C=O) groups excluding carboxylic acids is 2. The molecule has 2 amide bonds. The van der Waals surface area contributed by atoms with E-state index in [9.17, 15) is 22.8 Å². The predicted molar refractivity (Wildman–Crippen MR) is 124 cm³/mol. The predicted octanol–water partition coefficient (Wildman–Crippen LogP) is 5.20. The van der Waals surface area contributed by atoms with Gasteiger partial charge in [0, 0.05) is 36.8 Å². The van der Waals surface area contributed by atoms with Crippen LogP contribution in [0.1, 0.15) is 49.8 Å². The van der Waals surface area contributed by atoms with Crippen LogP contribution in [0.2, 0.25) is 5.02 Å². The third kappa shape index (κ3) is 5.81. The van der Waals surface area contributed by atoms with Crippen molar-refractivity contribution in [2.24, 2.45) is 11.8 Å². The molecule has 2 aliphatic rings. The highest BCUT2D eigenvalue weighted by molar-refractivity contribution is 6.33. The number of nitrogens with one attached hydrogen (secondary N) is 2. The molecule has 1 aromatic heterocycles. The Hall–Kier alpha value is -2.81. The van der Waals surface area contributed by atoms with Crippen molar-refractivity contribution < 1.29 is 22.8 Å². The van der Waals surface area contributed by atoms with Crippen molar-refractivity contribution in [1.29, 1.82) is 0 Å². The molecule has 0 radical (unpaired) electrons. The molecule has 1 aromatic carbocycles. The summed E-state index contributed by atoms with van der Waals surface area (Å²) >= 11 is 6.06. The number of carbonyl (C=O) groups is 2. The van der Waals surface area contributed by atoms with Gasteiger partial charge in [0.2, 0.25) is 11.8 Å². The molecule has 1 unspecified atom stereocenters. The number of amides is 2. The first-order chi connectivity index (χ1) is 16.1. The lowest BCUT2D eigenvalue weighted by molar-refractivity contribution is -0.137. The van der Waals surface area contributed by atoms with E-state index >= 15 is 0 Å². The highest BCUT2D eigenvalue weighted by Gasteiger charge is 2.33. The van der Waals surface area contributed by atoms with Crippen LogP contribution in [0.25, 0.3) is 0 Å². The molecule has 1 aliphatic carbocycles. The first-order valence-electron chi connectivity index (χ1n) is 11.3. The molecule has 2 fully saturated rings. The average Bonchev–Trinajstić information content (AvgIpc) is 3.65. The molecule has 10 heteroatoms. The Balaban J connectivity index is 1.28. The van der Waals surface area contributed by atoms with Crippen LogP contribution in [0.4, 0.5) is 24.7 Å². The molecule has 1 saturated heterocycles. The van der Waals surface area contributed by atoms with Crippen molar-refractivity contribution in [3.8, 4) is 0 Å². The number of benzene rings is 1. The molecule has 34 heavy (non-hydrogen) atoms. The van der Waals surface area contributed by atoms with Crippen LogP contribution in [0.15, 0.2) is 36.5 Å². The van der Waals surface area contributed by atoms with Crippen LogP contribution in [-0.2, 0) is 15.8 Å². The Bertz CT molecular complexity index is 1050. The lowest BCUT2D eigenvalue weighted by Crippen LogP contribution is -2.41. The summed E-state index contributed by atoms with van der Waals surface area (Å²) in [6.07, 6.45) is -0.737. The van der Waals surface area contributed by atoms with Gasteiger partial charge in [-0.25, -0.2) is 4.98 Å². The Morgan fingerprint density at radius 3 is 2.24 bits per heavy atom. The number of piperidine rings is 1. The molecule has 0 bridgehead atoms. The highest BCUT2D eigenvalue weighted by Crippen LogP contribution is 2.35. The molecule has 2 N–H and O–H groups in total. The molecule has 2 heterocycles. The van der Waals surface area contributed by atoms with Crippen LogP contribution in [-0.4, -0.2) is 29.9 Å². The number of nitrogens with zero attached hydrogens (tertiary/aromatic N) is 2. The number of alkyl halides is 3. The van der Waals surface area contributed by atoms with Crippen LogP contribution < -0.4 is 15.5 Å². The molecular weight excluding hydrogens is 469 g/mol. The fourth-order valence-electron chi connectivity index (χ4n) is 4.03. The van der Waals surface area contributed by atoms with E-state index in [1.165, 1.54) is 0 Å². The normalized spacial score (nSPS) is 17.9. The molecule has 1 aliphatic heterocycles. The third-order valence-electron chi connectivity index (χ3n) is 6.30. The maximum Gasteiger partial charge on any atom is 0.417 e. The second-order valence-electron chi connectivity index (χ2n) is 8.90. The SMILES string of the molecule is CC(NC(=O)C1CCN(c2ncc(C(F)(F)F)cc2Cl)CC1)c1ccc(NC(=O)C2CC2)cc1. The van der Waals surface area contributed by atoms with Crippen molar-refractivity contribution in [1.82, 2.24) is 10.3 Å². The fourth-order valence-corrected chi connectivity index (χ4v) is 4.32. The summed E-state index contributed by atoms with van der Waals surface area (Å²) in [5.74, 6) is 0.216. The zero-order chi connectivity index (χ0) is 24.5. The summed E-state index contributed by atoms with van der Waals surface area (Å²) in [5, 5.41) is 5.87. The lowest BCUT2D eigenvalue weighted by atomic mass is 9.95. The van der Waals surface area contributed by atoms with E-state index in [-0.39, 0.29) is 34.7 Å². The minimum atomic E-state index is -4.50. The zero-order valence-electron chi connectivity index (χ0n) is 18.7. The van der Waals surface area contributed by atoms with E-state index < -0.39 is 11.7 Å². The van der Waals surface area contributed by atoms with Gasteiger partial charge < -0.3 is 15.5 Å². The van der Waals surface area contributed by atoms with Crippen molar-refractivity contribution >= 4 is 34.9 Å². The molecule has 6 nitrogen and oxygen atoms in total. The van der Waals surface area contributed by atoms with E-state index in [2.05, 4.69) is 15.6 Å². The number of hydrogen-bond donors (Lipinski definition) is 2. The van der Waals surface area contributed by atoms with E-state index in [0.717, 1.165) is 36.4 Å². The van der Waals surface area contributed by atoms with E-state index in [1.54, 1.807) is 0 Å². The molecular formula is C24H26ClF3N4O2. The largest absolute Gasteiger partial charge is 0.417 e. The number of anilines is 2. The first kappa shape index (κ1) is 24.3. The van der Waals surface area contributed by atoms with Gasteiger partial charge in [0.15, 0.2) is 0 Å². The summed E-state index contributed by atoms with van der Waals surface area (Å²) < 4.78 is 38.5. The molecule has 1 saturated carbocycles. The minimum Gasteiger partial charge on any atom is -0.355 e. The van der Waals surface area contributed by atoms with E-state index in [4.69, 9.17) is 11.6 Å². The maximum absolute atomic E-state index is 12.8. The quantitative estimate of drug-likeness (QED) is 0.579. The second kappa shape index (κ2) is 9.82. The number of halogens is 4. The molecule has 4 rings (SSSR count). The smallest absolute Gasteiger partial charge is 0.355 e. The van der Waals surface area contributed by atoms with Gasteiger partial charge in [0.1, 0.15) is 5.82 Å². The maximum atomic E-state index is 12.8. The summed E-state index contributed by atoms with van der Waals surface area (Å²) in [5.41, 5.74) is 0.779. The molecule has 1 atom stereocenters. The van der Waals surface area contributed by atoms with Gasteiger partial charge in [-0.1, -0.05) is 23.7 Å². The van der Waals surface area contributed by atoms with Gasteiger partial charge in [-0.3, -0.25) is 9.59 Å². The van der Waals surface area contributed by atoms with Gasteiger partial charge in [0.05, 0.1) is 16.6 Å². The Morgan fingerprint density at radius 2 is 1.68 bits per heavy atom. The van der Waals surface area contributed by atoms with Crippen molar-refractivity contribution in [3.63, 3.8) is 0 Å². The van der Waals surface area contributed by atoms with Crippen molar-refractivity contribution in [3.05, 3.63) is 52.7 Å². The fraction of sp³-hybridized carbons (Fsp3) is 0.458. The van der Waals surface area contributed by atoms with Gasteiger partial charge in [-0.05, 0) is 56.4 Å². The summed E-state index contributed by atoms with van der Waals surface area (Å²) in [7, 11) is 0. The summed E-state index contributed by atoms with van der Waals surface area (Å²) in [4.78, 5) is 30.4. The molecule has 2 aromatic rings. The topological polar surface area (TPSA) is 74.3 Å². The molecule has 182 valence electrons. The highest BCUT2D eigenvalue weighted by atomic mass is 35.5. The van der Waals surface area contributed by atoms with Gasteiger partial charge >= 0.3 is 6.18 Å². The first-order valence-corrected chi connectivity index (χ1v) is 11.7. The minimum absolute atomic E-state index is 0.0493. The monoisotopic (exact) mass is 494 g/mol. The van der Waals surface area contributed by atoms with Crippen LogP contribution in [0, 0.1) is 11.8 Å². The van der Waals surface area contributed by atoms with Gasteiger partial charge in [-0.2, -0.15) is 13.2 Å². The zero-order valence-corrected chi connectivity index (χ0v) is 19.4. The number of hydrogen-bond acceptors (Lipinski definition) is 4. The second-order valence-corrected chi connectivity index (χ2v) is 9.31. The average molecular weight is 495 g/mol. The van der Waals surface area contributed by atoms with Crippen LogP contribution in [0.3, 0.4) is 0 Å². The molecule has 0 spiro atoms. The van der Waals surface area contributed by atoms with E-state index in [0.29, 0.717) is 31.7 Å². The summed E-state index contributed by atoms with van der Waals surface area (Å²) in [6, 6.07) is 8.11. The Kier molecular flexibility index (Phi) is 7.02. The number of pyridine rings is 1. The van der Waals surface area contributed by atoms with Gasteiger partial charge in [-0.15, -0.1) is 0 Å². The number of aromatic nitrogens is 1. The lowest BCUT2D eigenvalue weighted by Gasteiger charge is -2.33. The third-order valence-corrected chi connectivity index (χ3v) is 6.58. The van der Waals surface area contributed by atoms with Crippen molar-refractivity contribution in [2.45, 2.75) is 44.8 Å².